The van der Waals surface area contributed by atoms with Crippen molar-refractivity contribution in [2.24, 2.45) is 5.73 Å². The Morgan fingerprint density at radius 3 is 2.69 bits per heavy atom. The van der Waals surface area contributed by atoms with Gasteiger partial charge >= 0.3 is 0 Å². The molecule has 0 saturated heterocycles. The second kappa shape index (κ2) is 7.19. The molecule has 16 heavy (non-hydrogen) atoms. The maximum atomic E-state index is 11.6. The van der Waals surface area contributed by atoms with Gasteiger partial charge in [0.05, 0.1) is 17.7 Å². The Morgan fingerprint density at radius 2 is 2.19 bits per heavy atom. The van der Waals surface area contributed by atoms with Crippen molar-refractivity contribution in [3.05, 3.63) is 0 Å². The summed E-state index contributed by atoms with van der Waals surface area (Å²) < 4.78 is 23.2. The molecule has 0 saturated carbocycles. The summed E-state index contributed by atoms with van der Waals surface area (Å²) in [5.41, 5.74) is 5.25. The topological polar surface area (TPSA) is 113 Å². The van der Waals surface area contributed by atoms with Crippen LogP contribution in [0, 0.1) is 11.3 Å². The molecule has 3 N–H and O–H groups in total. The van der Waals surface area contributed by atoms with Gasteiger partial charge < -0.3 is 11.1 Å². The first kappa shape index (κ1) is 14.9. The van der Waals surface area contributed by atoms with Crippen molar-refractivity contribution in [1.82, 2.24) is 5.32 Å². The molecular formula is C9H17N3O3S. The molecule has 0 fully saturated rings. The highest BCUT2D eigenvalue weighted by Gasteiger charge is 2.23. The first-order valence-electron chi connectivity index (χ1n) is 4.99. The van der Waals surface area contributed by atoms with Gasteiger partial charge in [-0.05, 0) is 19.9 Å². The van der Waals surface area contributed by atoms with Crippen molar-refractivity contribution in [3.8, 4) is 6.07 Å². The smallest absolute Gasteiger partial charge is 0.235 e. The molecule has 0 bridgehead atoms. The lowest BCUT2D eigenvalue weighted by Crippen LogP contribution is -2.35. The summed E-state index contributed by atoms with van der Waals surface area (Å²) >= 11 is 0. The number of rotatable bonds is 7. The standard InChI is InChI=1S/C9H17N3O3S/c1-8(3-5-11)16(14,15)7-9(13)12-6-2-4-10/h8H,2-3,5-7,11H2,1H3,(H,12,13). The normalized spacial score (nSPS) is 12.8. The Kier molecular flexibility index (Phi) is 6.69. The Morgan fingerprint density at radius 1 is 1.56 bits per heavy atom. The average molecular weight is 247 g/mol. The highest BCUT2D eigenvalue weighted by molar-refractivity contribution is 7.92. The zero-order valence-corrected chi connectivity index (χ0v) is 10.1. The van der Waals surface area contributed by atoms with Crippen molar-refractivity contribution in [2.75, 3.05) is 18.8 Å². The van der Waals surface area contributed by atoms with Gasteiger partial charge in [-0.15, -0.1) is 0 Å². The summed E-state index contributed by atoms with van der Waals surface area (Å²) in [5.74, 6) is -1.11. The van der Waals surface area contributed by atoms with Crippen LogP contribution in [0.4, 0.5) is 0 Å². The number of sulfone groups is 1. The van der Waals surface area contributed by atoms with Crippen LogP contribution in [0.3, 0.4) is 0 Å². The fourth-order valence-electron chi connectivity index (χ4n) is 1.05. The monoisotopic (exact) mass is 247 g/mol. The third-order valence-electron chi connectivity index (χ3n) is 2.08. The maximum absolute atomic E-state index is 11.6. The van der Waals surface area contributed by atoms with Gasteiger partial charge in [-0.3, -0.25) is 4.79 Å². The van der Waals surface area contributed by atoms with Gasteiger partial charge in [-0.2, -0.15) is 5.26 Å². The van der Waals surface area contributed by atoms with Crippen molar-refractivity contribution < 1.29 is 13.2 Å². The van der Waals surface area contributed by atoms with E-state index in [1.165, 1.54) is 6.92 Å². The van der Waals surface area contributed by atoms with Crippen LogP contribution < -0.4 is 11.1 Å². The van der Waals surface area contributed by atoms with Gasteiger partial charge in [0.25, 0.3) is 0 Å². The molecular weight excluding hydrogens is 230 g/mol. The fourth-order valence-corrected chi connectivity index (χ4v) is 2.30. The van der Waals surface area contributed by atoms with Crippen LogP contribution in [-0.4, -0.2) is 38.4 Å². The molecule has 92 valence electrons. The molecule has 0 aliphatic heterocycles. The van der Waals surface area contributed by atoms with Gasteiger partial charge in [0.1, 0.15) is 5.75 Å². The maximum Gasteiger partial charge on any atom is 0.235 e. The fraction of sp³-hybridized carbons (Fsp3) is 0.778. The second-order valence-electron chi connectivity index (χ2n) is 3.45. The molecule has 1 atom stereocenters. The lowest BCUT2D eigenvalue weighted by atomic mass is 10.3. The Labute approximate surface area is 95.7 Å². The van der Waals surface area contributed by atoms with E-state index in [9.17, 15) is 13.2 Å². The van der Waals surface area contributed by atoms with Crippen LogP contribution in [0.1, 0.15) is 19.8 Å². The molecule has 0 aliphatic rings. The molecule has 0 rings (SSSR count). The van der Waals surface area contributed by atoms with Gasteiger partial charge in [0.15, 0.2) is 9.84 Å². The number of nitriles is 1. The predicted molar refractivity (Wildman–Crippen MR) is 60.2 cm³/mol. The number of nitrogens with one attached hydrogen (secondary N) is 1. The van der Waals surface area contributed by atoms with Gasteiger partial charge in [-0.1, -0.05) is 0 Å². The number of nitrogens with two attached hydrogens (primary N) is 1. The summed E-state index contributed by atoms with van der Waals surface area (Å²) in [5, 5.41) is 9.99. The number of hydrogen-bond donors (Lipinski definition) is 2. The Hall–Kier alpha value is -1.13. The second-order valence-corrected chi connectivity index (χ2v) is 5.87. The Bertz CT molecular complexity index is 359. The number of hydrogen-bond acceptors (Lipinski definition) is 5. The SMILES string of the molecule is CC(CCN)S(=O)(=O)CC(=O)NCCC#N. The average Bonchev–Trinajstić information content (AvgIpc) is 2.17. The first-order valence-corrected chi connectivity index (χ1v) is 6.71. The van der Waals surface area contributed by atoms with Crippen LogP contribution in [-0.2, 0) is 14.6 Å². The molecule has 0 aliphatic carbocycles. The molecule has 0 spiro atoms. The van der Waals surface area contributed by atoms with E-state index in [4.69, 9.17) is 11.0 Å². The summed E-state index contributed by atoms with van der Waals surface area (Å²) in [4.78, 5) is 11.2. The lowest BCUT2D eigenvalue weighted by Gasteiger charge is -2.11. The zero-order chi connectivity index (χ0) is 12.6. The van der Waals surface area contributed by atoms with Crippen molar-refractivity contribution >= 4 is 15.7 Å². The molecule has 6 nitrogen and oxygen atoms in total. The van der Waals surface area contributed by atoms with E-state index >= 15 is 0 Å². The molecule has 1 amide bonds. The molecule has 7 heteroatoms. The summed E-state index contributed by atoms with van der Waals surface area (Å²) in [6.07, 6.45) is 0.512. The van der Waals surface area contributed by atoms with E-state index in [1.807, 2.05) is 6.07 Å². The highest BCUT2D eigenvalue weighted by atomic mass is 32.2. The Balaban J connectivity index is 4.16. The number of nitrogens with zero attached hydrogens (tertiary/aromatic N) is 1. The minimum atomic E-state index is -3.43. The van der Waals surface area contributed by atoms with Crippen molar-refractivity contribution in [1.29, 1.82) is 5.26 Å². The third kappa shape index (κ3) is 5.68. The first-order chi connectivity index (χ1) is 7.44. The lowest BCUT2D eigenvalue weighted by molar-refractivity contribution is -0.118. The largest absolute Gasteiger partial charge is 0.354 e. The third-order valence-corrected chi connectivity index (χ3v) is 4.20. The van der Waals surface area contributed by atoms with E-state index in [0.717, 1.165) is 0 Å². The molecule has 1 unspecified atom stereocenters. The molecule has 0 aromatic carbocycles. The zero-order valence-electron chi connectivity index (χ0n) is 9.27. The highest BCUT2D eigenvalue weighted by Crippen LogP contribution is 2.05. The number of carbonyl (C=O) groups excluding carboxylic acids is 1. The van der Waals surface area contributed by atoms with Crippen LogP contribution in [0.15, 0.2) is 0 Å². The minimum absolute atomic E-state index is 0.171. The van der Waals surface area contributed by atoms with E-state index in [0.29, 0.717) is 6.42 Å². The van der Waals surface area contributed by atoms with E-state index in [2.05, 4.69) is 5.32 Å². The van der Waals surface area contributed by atoms with E-state index < -0.39 is 26.7 Å². The van der Waals surface area contributed by atoms with Crippen molar-refractivity contribution in [3.63, 3.8) is 0 Å². The summed E-state index contributed by atoms with van der Waals surface area (Å²) in [7, 11) is -3.43. The van der Waals surface area contributed by atoms with Crippen LogP contribution in [0.5, 0.6) is 0 Å². The molecule has 0 heterocycles. The van der Waals surface area contributed by atoms with Gasteiger partial charge in [0, 0.05) is 6.54 Å². The molecule has 0 aromatic rings. The van der Waals surface area contributed by atoms with Gasteiger partial charge in [-0.25, -0.2) is 8.42 Å². The van der Waals surface area contributed by atoms with Crippen molar-refractivity contribution in [2.45, 2.75) is 25.0 Å². The van der Waals surface area contributed by atoms with Gasteiger partial charge in [0.2, 0.25) is 5.91 Å². The predicted octanol–water partition coefficient (Wildman–Crippen LogP) is -0.832. The van der Waals surface area contributed by atoms with E-state index in [-0.39, 0.29) is 19.5 Å². The van der Waals surface area contributed by atoms with Crippen LogP contribution in [0.2, 0.25) is 0 Å². The number of amides is 1. The molecule has 0 radical (unpaired) electrons. The summed E-state index contributed by atoms with van der Waals surface area (Å²) in [6.45, 7) is 1.98. The summed E-state index contributed by atoms with van der Waals surface area (Å²) in [6, 6.07) is 1.85. The minimum Gasteiger partial charge on any atom is -0.354 e. The number of carbonyl (C=O) groups is 1. The van der Waals surface area contributed by atoms with Crippen LogP contribution in [0.25, 0.3) is 0 Å². The molecule has 0 aromatic heterocycles. The van der Waals surface area contributed by atoms with E-state index in [1.54, 1.807) is 0 Å². The van der Waals surface area contributed by atoms with Crippen LogP contribution >= 0.6 is 0 Å². The quantitative estimate of drug-likeness (QED) is 0.570.